The van der Waals surface area contributed by atoms with E-state index in [1.807, 2.05) is 0 Å². The number of amides is 1. The lowest BCUT2D eigenvalue weighted by molar-refractivity contribution is -0.000380. The van der Waals surface area contributed by atoms with Crippen LogP contribution in [0.5, 0.6) is 0 Å². The second-order valence-corrected chi connectivity index (χ2v) is 8.58. The highest BCUT2D eigenvalue weighted by molar-refractivity contribution is 7.92. The number of aliphatic hydroxyl groups is 2. The number of aliphatic hydroxyl groups excluding tert-OH is 2. The first-order chi connectivity index (χ1) is 13.2. The standard InChI is InChI=1S/C16H19N5O5S2.H2/c1-28(25,26)21-16-20-12(9-27-16)15(24)19-11(14(23)13(22)2-5-17)8-10-3-6-18-7-4-10;/h3-4,6-7,9,11,13-14,22-23H,2,8H2,1H3,(H,19,24)(H,20,21);1H. The van der Waals surface area contributed by atoms with Gasteiger partial charge < -0.3 is 15.5 Å². The third kappa shape index (κ3) is 6.54. The summed E-state index contributed by atoms with van der Waals surface area (Å²) in [6.45, 7) is 0. The second-order valence-electron chi connectivity index (χ2n) is 5.97. The fourth-order valence-corrected chi connectivity index (χ4v) is 3.88. The summed E-state index contributed by atoms with van der Waals surface area (Å²) in [6, 6.07) is 4.25. The number of pyridine rings is 1. The number of nitrogens with one attached hydrogen (secondary N) is 2. The molecule has 2 aromatic heterocycles. The number of sulfonamides is 1. The van der Waals surface area contributed by atoms with Gasteiger partial charge in [-0.1, -0.05) is 0 Å². The first-order valence-electron chi connectivity index (χ1n) is 8.05. The van der Waals surface area contributed by atoms with Gasteiger partial charge in [0.05, 0.1) is 30.9 Å². The van der Waals surface area contributed by atoms with Crippen LogP contribution >= 0.6 is 11.3 Å². The molecule has 0 aliphatic rings. The van der Waals surface area contributed by atoms with Crippen molar-refractivity contribution < 1.29 is 24.9 Å². The summed E-state index contributed by atoms with van der Waals surface area (Å²) in [5.74, 6) is -0.653. The summed E-state index contributed by atoms with van der Waals surface area (Å²) < 4.78 is 24.7. The molecule has 0 saturated heterocycles. The predicted octanol–water partition coefficient (Wildman–Crippen LogP) is 0.132. The SMILES string of the molecule is CS(=O)(=O)Nc1nc(C(=O)NC(Cc2ccncc2)C(O)C(O)CC#N)cs1.[HH]. The fourth-order valence-electron chi connectivity index (χ4n) is 2.34. The third-order valence-corrected chi connectivity index (χ3v) is 5.09. The molecular weight excluding hydrogens is 406 g/mol. The van der Waals surface area contributed by atoms with Crippen molar-refractivity contribution in [2.45, 2.75) is 31.1 Å². The molecule has 12 heteroatoms. The molecule has 0 aliphatic heterocycles. The zero-order valence-electron chi connectivity index (χ0n) is 14.8. The average Bonchev–Trinajstić information content (AvgIpc) is 3.08. The Morgan fingerprint density at radius 1 is 1.39 bits per heavy atom. The van der Waals surface area contributed by atoms with Crippen molar-refractivity contribution in [3.63, 3.8) is 0 Å². The first-order valence-corrected chi connectivity index (χ1v) is 10.8. The molecule has 1 amide bonds. The molecular formula is C16H21N5O5S2. The summed E-state index contributed by atoms with van der Waals surface area (Å²) in [7, 11) is -3.53. The summed E-state index contributed by atoms with van der Waals surface area (Å²) in [5, 5.41) is 33.1. The first kappa shape index (κ1) is 21.7. The molecule has 28 heavy (non-hydrogen) atoms. The van der Waals surface area contributed by atoms with Gasteiger partial charge in [-0.2, -0.15) is 5.26 Å². The maximum absolute atomic E-state index is 12.5. The van der Waals surface area contributed by atoms with Crippen LogP contribution in [0.2, 0.25) is 0 Å². The van der Waals surface area contributed by atoms with Crippen LogP contribution in [0.15, 0.2) is 29.9 Å². The number of thiazole rings is 1. The molecule has 0 saturated carbocycles. The molecule has 3 unspecified atom stereocenters. The van der Waals surface area contributed by atoms with Crippen LogP contribution in [0, 0.1) is 11.3 Å². The van der Waals surface area contributed by atoms with Gasteiger partial charge in [0.1, 0.15) is 11.8 Å². The summed E-state index contributed by atoms with van der Waals surface area (Å²) in [5.41, 5.74) is 0.707. The monoisotopic (exact) mass is 427 g/mol. The molecule has 3 atom stereocenters. The number of rotatable bonds is 9. The van der Waals surface area contributed by atoms with E-state index in [1.165, 1.54) is 5.38 Å². The van der Waals surface area contributed by atoms with Crippen molar-refractivity contribution >= 4 is 32.4 Å². The Morgan fingerprint density at radius 3 is 2.68 bits per heavy atom. The molecule has 10 nitrogen and oxygen atoms in total. The predicted molar refractivity (Wildman–Crippen MR) is 104 cm³/mol. The highest BCUT2D eigenvalue weighted by Crippen LogP contribution is 2.17. The minimum Gasteiger partial charge on any atom is -0.389 e. The number of hydrogen-bond acceptors (Lipinski definition) is 9. The van der Waals surface area contributed by atoms with Gasteiger partial charge in [-0.3, -0.25) is 14.5 Å². The van der Waals surface area contributed by atoms with Crippen molar-refractivity contribution in [1.82, 2.24) is 15.3 Å². The number of nitrogens with zero attached hydrogens (tertiary/aromatic N) is 3. The zero-order valence-corrected chi connectivity index (χ0v) is 16.4. The van der Waals surface area contributed by atoms with E-state index in [4.69, 9.17) is 5.26 Å². The van der Waals surface area contributed by atoms with E-state index in [2.05, 4.69) is 20.0 Å². The van der Waals surface area contributed by atoms with E-state index >= 15 is 0 Å². The molecule has 2 heterocycles. The van der Waals surface area contributed by atoms with Gasteiger partial charge in [-0.15, -0.1) is 11.3 Å². The number of hydrogen-bond donors (Lipinski definition) is 4. The fraction of sp³-hybridized carbons (Fsp3) is 0.375. The lowest BCUT2D eigenvalue weighted by atomic mass is 9.97. The third-order valence-electron chi connectivity index (χ3n) is 3.64. The minimum absolute atomic E-state index is 0. The Morgan fingerprint density at radius 2 is 2.07 bits per heavy atom. The van der Waals surface area contributed by atoms with Crippen molar-refractivity contribution in [2.75, 3.05) is 11.0 Å². The molecule has 0 spiro atoms. The Labute approximate surface area is 167 Å². The lowest BCUT2D eigenvalue weighted by Crippen LogP contribution is -2.49. The second kappa shape index (κ2) is 9.56. The topological polar surface area (TPSA) is 165 Å². The van der Waals surface area contributed by atoms with E-state index in [0.717, 1.165) is 23.2 Å². The van der Waals surface area contributed by atoms with Gasteiger partial charge in [0.2, 0.25) is 10.0 Å². The summed E-state index contributed by atoms with van der Waals surface area (Å²) in [6.07, 6.45) is 1.19. The quantitative estimate of drug-likeness (QED) is 0.438. The molecule has 0 radical (unpaired) electrons. The number of carbonyl (C=O) groups excluding carboxylic acids is 1. The Kier molecular flexibility index (Phi) is 7.41. The molecule has 2 aromatic rings. The van der Waals surface area contributed by atoms with Crippen molar-refractivity contribution in [3.8, 4) is 6.07 Å². The lowest BCUT2D eigenvalue weighted by Gasteiger charge is -2.26. The largest absolute Gasteiger partial charge is 0.389 e. The molecule has 4 N–H and O–H groups in total. The highest BCUT2D eigenvalue weighted by Gasteiger charge is 2.29. The van der Waals surface area contributed by atoms with Gasteiger partial charge in [0, 0.05) is 19.2 Å². The molecule has 0 aliphatic carbocycles. The van der Waals surface area contributed by atoms with E-state index in [9.17, 15) is 23.4 Å². The molecule has 152 valence electrons. The van der Waals surface area contributed by atoms with Crippen LogP contribution in [0.1, 0.15) is 23.9 Å². The maximum atomic E-state index is 12.5. The highest BCUT2D eigenvalue weighted by atomic mass is 32.2. The number of carbonyl (C=O) groups is 1. The smallest absolute Gasteiger partial charge is 0.271 e. The van der Waals surface area contributed by atoms with Crippen molar-refractivity contribution in [2.24, 2.45) is 0 Å². The molecule has 0 aromatic carbocycles. The number of aromatic nitrogens is 2. The maximum Gasteiger partial charge on any atom is 0.271 e. The van der Waals surface area contributed by atoms with Crippen LogP contribution in [0.3, 0.4) is 0 Å². The minimum atomic E-state index is -3.53. The molecule has 0 fully saturated rings. The van der Waals surface area contributed by atoms with Crippen LogP contribution in [0.4, 0.5) is 5.13 Å². The Hall–Kier alpha value is -2.59. The summed E-state index contributed by atoms with van der Waals surface area (Å²) >= 11 is 0.933. The van der Waals surface area contributed by atoms with Crippen LogP contribution in [-0.2, 0) is 16.4 Å². The average molecular weight is 428 g/mol. The number of nitriles is 1. The normalized spacial score (nSPS) is 14.5. The van der Waals surface area contributed by atoms with Crippen LogP contribution in [-0.4, -0.2) is 59.0 Å². The van der Waals surface area contributed by atoms with Crippen LogP contribution < -0.4 is 10.0 Å². The van der Waals surface area contributed by atoms with E-state index in [0.29, 0.717) is 0 Å². The van der Waals surface area contributed by atoms with Gasteiger partial charge in [-0.25, -0.2) is 13.4 Å². The van der Waals surface area contributed by atoms with Gasteiger partial charge in [0.25, 0.3) is 5.91 Å². The summed E-state index contributed by atoms with van der Waals surface area (Å²) in [4.78, 5) is 20.3. The Bertz CT molecular complexity index is 948. The van der Waals surface area contributed by atoms with Crippen molar-refractivity contribution in [3.05, 3.63) is 41.2 Å². The van der Waals surface area contributed by atoms with Gasteiger partial charge in [0.15, 0.2) is 5.13 Å². The van der Waals surface area contributed by atoms with Crippen LogP contribution in [0.25, 0.3) is 0 Å². The molecule has 2 rings (SSSR count). The number of anilines is 1. The zero-order chi connectivity index (χ0) is 20.7. The van der Waals surface area contributed by atoms with Crippen molar-refractivity contribution in [1.29, 1.82) is 5.26 Å². The van der Waals surface area contributed by atoms with E-state index < -0.39 is 34.2 Å². The van der Waals surface area contributed by atoms with Gasteiger partial charge in [-0.05, 0) is 24.1 Å². The molecule has 0 bridgehead atoms. The van der Waals surface area contributed by atoms with E-state index in [-0.39, 0.29) is 25.1 Å². The van der Waals surface area contributed by atoms with E-state index in [1.54, 1.807) is 30.6 Å². The Balaban J connectivity index is 0.00000420. The van der Waals surface area contributed by atoms with Gasteiger partial charge >= 0.3 is 0 Å².